The summed E-state index contributed by atoms with van der Waals surface area (Å²) in [6.45, 7) is 5.87. The van der Waals surface area contributed by atoms with Gasteiger partial charge in [0.25, 0.3) is 0 Å². The van der Waals surface area contributed by atoms with Gasteiger partial charge in [-0.3, -0.25) is 4.90 Å². The fourth-order valence-corrected chi connectivity index (χ4v) is 3.21. The van der Waals surface area contributed by atoms with E-state index >= 15 is 0 Å². The summed E-state index contributed by atoms with van der Waals surface area (Å²) in [5, 5.41) is 30.5. The van der Waals surface area contributed by atoms with Gasteiger partial charge in [-0.15, -0.1) is 0 Å². The zero-order valence-corrected chi connectivity index (χ0v) is 13.5. The fourth-order valence-electron chi connectivity index (χ4n) is 3.21. The molecule has 0 spiro atoms. The molecule has 1 atom stereocenters. The number of likely N-dealkylation sites (tertiary alicyclic amines) is 1. The Morgan fingerprint density at radius 1 is 1.43 bits per heavy atom. The van der Waals surface area contributed by atoms with Crippen LogP contribution in [0, 0.1) is 11.3 Å². The molecule has 1 aliphatic rings. The van der Waals surface area contributed by atoms with Gasteiger partial charge in [-0.05, 0) is 31.4 Å². The number of nitrogens with one attached hydrogen (secondary N) is 1. The van der Waals surface area contributed by atoms with Gasteiger partial charge in [0, 0.05) is 19.6 Å². The summed E-state index contributed by atoms with van der Waals surface area (Å²) in [5.74, 6) is 0. The number of benzene rings is 1. The summed E-state index contributed by atoms with van der Waals surface area (Å²) in [7, 11) is 0. The van der Waals surface area contributed by atoms with Crippen LogP contribution in [-0.2, 0) is 17.6 Å². The minimum atomic E-state index is -0.952. The lowest BCUT2D eigenvalue weighted by Gasteiger charge is -2.24. The molecule has 3 rings (SSSR count). The molecule has 2 aromatic rings. The number of H-pyrrole nitrogens is 1. The van der Waals surface area contributed by atoms with Crippen LogP contribution in [0.15, 0.2) is 30.5 Å². The quantitative estimate of drug-likeness (QED) is 0.897. The molecule has 0 radical (unpaired) electrons. The molecule has 0 aliphatic carbocycles. The lowest BCUT2D eigenvalue weighted by Crippen LogP contribution is -2.31. The molecule has 1 aliphatic heterocycles. The number of aromatic nitrogens is 3. The number of nitrogens with zero attached hydrogens (tertiary/aromatic N) is 4. The highest BCUT2D eigenvalue weighted by molar-refractivity contribution is 5.37. The highest BCUT2D eigenvalue weighted by atomic mass is 16.3. The van der Waals surface area contributed by atoms with Crippen molar-refractivity contribution in [3.05, 3.63) is 47.3 Å². The standard InChI is InChI=1S/C17H21N5O/c1-16(2,11-18)14-6-4-3-5-13(14)10-22-8-7-17(23,12-22)15-9-19-21-20-15/h3-6,9,23H,7-8,10,12H2,1-2H3,(H,19,20,21). The Kier molecular flexibility index (Phi) is 3.92. The highest BCUT2D eigenvalue weighted by Crippen LogP contribution is 2.33. The van der Waals surface area contributed by atoms with Gasteiger partial charge in [0.2, 0.25) is 0 Å². The van der Waals surface area contributed by atoms with Gasteiger partial charge in [-0.1, -0.05) is 24.3 Å². The van der Waals surface area contributed by atoms with E-state index in [0.29, 0.717) is 25.2 Å². The van der Waals surface area contributed by atoms with Crippen LogP contribution in [-0.4, -0.2) is 38.5 Å². The molecule has 1 aromatic carbocycles. The monoisotopic (exact) mass is 311 g/mol. The smallest absolute Gasteiger partial charge is 0.124 e. The Balaban J connectivity index is 1.79. The van der Waals surface area contributed by atoms with Crippen molar-refractivity contribution in [3.63, 3.8) is 0 Å². The van der Waals surface area contributed by atoms with Crippen molar-refractivity contribution in [2.24, 2.45) is 0 Å². The van der Waals surface area contributed by atoms with E-state index in [1.54, 1.807) is 6.20 Å². The van der Waals surface area contributed by atoms with Crippen LogP contribution in [0.4, 0.5) is 0 Å². The van der Waals surface area contributed by atoms with E-state index in [1.165, 1.54) is 0 Å². The van der Waals surface area contributed by atoms with Gasteiger partial charge in [0.15, 0.2) is 0 Å². The topological polar surface area (TPSA) is 88.8 Å². The second-order valence-electron chi connectivity index (χ2n) is 6.74. The molecule has 6 heteroatoms. The van der Waals surface area contributed by atoms with E-state index in [9.17, 15) is 10.4 Å². The first-order valence-corrected chi connectivity index (χ1v) is 7.75. The SMILES string of the molecule is CC(C)(C#N)c1ccccc1CN1CCC(O)(c2cn[nH]n2)C1. The lowest BCUT2D eigenvalue weighted by molar-refractivity contribution is 0.0408. The molecule has 1 saturated heterocycles. The Morgan fingerprint density at radius 2 is 2.22 bits per heavy atom. The average Bonchev–Trinajstić information content (AvgIpc) is 3.19. The first-order valence-electron chi connectivity index (χ1n) is 7.75. The molecule has 0 amide bonds. The molecule has 0 bridgehead atoms. The van der Waals surface area contributed by atoms with Gasteiger partial charge in [0.05, 0.1) is 17.7 Å². The maximum atomic E-state index is 10.8. The minimum Gasteiger partial charge on any atom is -0.382 e. The Morgan fingerprint density at radius 3 is 2.91 bits per heavy atom. The third-order valence-electron chi connectivity index (χ3n) is 4.58. The first-order chi connectivity index (χ1) is 10.9. The maximum absolute atomic E-state index is 10.8. The van der Waals surface area contributed by atoms with Gasteiger partial charge in [-0.2, -0.15) is 20.7 Å². The predicted octanol–water partition coefficient (Wildman–Crippen LogP) is 1.70. The minimum absolute atomic E-state index is 0.515. The molecule has 6 nitrogen and oxygen atoms in total. The summed E-state index contributed by atoms with van der Waals surface area (Å²) in [5.41, 5.74) is 1.28. The summed E-state index contributed by atoms with van der Waals surface area (Å²) in [6.07, 6.45) is 2.21. The van der Waals surface area contributed by atoms with Crippen molar-refractivity contribution < 1.29 is 5.11 Å². The fraction of sp³-hybridized carbons (Fsp3) is 0.471. The Hall–Kier alpha value is -2.23. The van der Waals surface area contributed by atoms with Crippen LogP contribution in [0.5, 0.6) is 0 Å². The van der Waals surface area contributed by atoms with Gasteiger partial charge >= 0.3 is 0 Å². The van der Waals surface area contributed by atoms with Crippen LogP contribution < -0.4 is 0 Å². The lowest BCUT2D eigenvalue weighted by atomic mass is 9.83. The number of aromatic amines is 1. The second-order valence-corrected chi connectivity index (χ2v) is 6.74. The summed E-state index contributed by atoms with van der Waals surface area (Å²) >= 11 is 0. The summed E-state index contributed by atoms with van der Waals surface area (Å²) < 4.78 is 0. The van der Waals surface area contributed by atoms with Crippen LogP contribution in [0.3, 0.4) is 0 Å². The van der Waals surface area contributed by atoms with Gasteiger partial charge in [0.1, 0.15) is 11.3 Å². The average molecular weight is 311 g/mol. The van der Waals surface area contributed by atoms with Gasteiger partial charge in [-0.25, -0.2) is 0 Å². The molecule has 1 unspecified atom stereocenters. The van der Waals surface area contributed by atoms with Crippen LogP contribution in [0.1, 0.15) is 37.1 Å². The number of hydrogen-bond donors (Lipinski definition) is 2. The van der Waals surface area contributed by atoms with Crippen LogP contribution >= 0.6 is 0 Å². The molecule has 1 fully saturated rings. The van der Waals surface area contributed by atoms with Crippen LogP contribution in [0.2, 0.25) is 0 Å². The zero-order chi connectivity index (χ0) is 16.5. The van der Waals surface area contributed by atoms with E-state index in [2.05, 4.69) is 32.4 Å². The highest BCUT2D eigenvalue weighted by Gasteiger charge is 2.40. The molecule has 1 aromatic heterocycles. The molecule has 2 heterocycles. The molecular weight excluding hydrogens is 290 g/mol. The normalized spacial score (nSPS) is 22.2. The van der Waals surface area contributed by atoms with Crippen molar-refractivity contribution in [1.82, 2.24) is 20.3 Å². The molecule has 0 saturated carbocycles. The van der Waals surface area contributed by atoms with E-state index < -0.39 is 11.0 Å². The second kappa shape index (κ2) is 5.76. The van der Waals surface area contributed by atoms with Crippen molar-refractivity contribution in [2.45, 2.75) is 37.8 Å². The van der Waals surface area contributed by atoms with Crippen molar-refractivity contribution in [2.75, 3.05) is 13.1 Å². The number of aliphatic hydroxyl groups is 1. The van der Waals surface area contributed by atoms with E-state index in [-0.39, 0.29) is 0 Å². The molecule has 2 N–H and O–H groups in total. The number of nitriles is 1. The van der Waals surface area contributed by atoms with E-state index in [0.717, 1.165) is 17.7 Å². The third kappa shape index (κ3) is 2.98. The van der Waals surface area contributed by atoms with Gasteiger partial charge < -0.3 is 5.11 Å². The third-order valence-corrected chi connectivity index (χ3v) is 4.58. The van der Waals surface area contributed by atoms with E-state index in [4.69, 9.17) is 0 Å². The zero-order valence-electron chi connectivity index (χ0n) is 13.5. The van der Waals surface area contributed by atoms with Crippen molar-refractivity contribution in [3.8, 4) is 6.07 Å². The first kappa shape index (κ1) is 15.7. The number of hydrogen-bond acceptors (Lipinski definition) is 5. The van der Waals surface area contributed by atoms with Crippen molar-refractivity contribution >= 4 is 0 Å². The molecule has 120 valence electrons. The predicted molar refractivity (Wildman–Crippen MR) is 85.3 cm³/mol. The Labute approximate surface area is 135 Å². The molecule has 23 heavy (non-hydrogen) atoms. The molecular formula is C17H21N5O. The van der Waals surface area contributed by atoms with Crippen LogP contribution in [0.25, 0.3) is 0 Å². The van der Waals surface area contributed by atoms with E-state index in [1.807, 2.05) is 32.0 Å². The number of rotatable bonds is 4. The summed E-state index contributed by atoms with van der Waals surface area (Å²) in [4.78, 5) is 2.20. The maximum Gasteiger partial charge on any atom is 0.124 e. The summed E-state index contributed by atoms with van der Waals surface area (Å²) in [6, 6.07) is 10.4. The Bertz CT molecular complexity index is 719. The van der Waals surface area contributed by atoms with Crippen molar-refractivity contribution in [1.29, 1.82) is 5.26 Å². The largest absolute Gasteiger partial charge is 0.382 e. The number of β-amino-alcohol motifs (C(OH)–C–C–N with tert-alkyl or cyclic N) is 1.